The van der Waals surface area contributed by atoms with E-state index in [9.17, 15) is 8.42 Å². The Morgan fingerprint density at radius 3 is 2.22 bits per heavy atom. The first kappa shape index (κ1) is 20.3. The minimum Gasteiger partial charge on any atom is -0.457 e. The van der Waals surface area contributed by atoms with Gasteiger partial charge in [-0.2, -0.15) is 0 Å². The van der Waals surface area contributed by atoms with Gasteiger partial charge in [0.25, 0.3) is 0 Å². The highest BCUT2D eigenvalue weighted by Gasteiger charge is 2.15. The van der Waals surface area contributed by atoms with Crippen LogP contribution in [0, 0.1) is 0 Å². The zero-order valence-corrected chi connectivity index (χ0v) is 18.4. The third-order valence-electron chi connectivity index (χ3n) is 3.51. The molecule has 1 aromatic heterocycles. The second kappa shape index (κ2) is 8.70. The van der Waals surface area contributed by atoms with E-state index in [1.807, 2.05) is 0 Å². The molecule has 0 atom stereocenters. The summed E-state index contributed by atoms with van der Waals surface area (Å²) in [6.07, 6.45) is 1.63. The van der Waals surface area contributed by atoms with Crippen LogP contribution in [0.5, 0.6) is 11.5 Å². The summed E-state index contributed by atoms with van der Waals surface area (Å²) in [5.41, 5.74) is 0.718. The molecule has 5 nitrogen and oxygen atoms in total. The van der Waals surface area contributed by atoms with Crippen LogP contribution in [0.1, 0.15) is 5.56 Å². The molecule has 1 heterocycles. The van der Waals surface area contributed by atoms with E-state index in [-0.39, 0.29) is 11.4 Å². The number of hydrogen-bond acceptors (Lipinski definition) is 4. The van der Waals surface area contributed by atoms with Crippen molar-refractivity contribution in [3.63, 3.8) is 0 Å². The van der Waals surface area contributed by atoms with Gasteiger partial charge >= 0.3 is 0 Å². The van der Waals surface area contributed by atoms with E-state index in [1.165, 1.54) is 12.1 Å². The summed E-state index contributed by atoms with van der Waals surface area (Å²) in [6, 6.07) is 14.9. The van der Waals surface area contributed by atoms with Gasteiger partial charge in [-0.25, -0.2) is 18.1 Å². The van der Waals surface area contributed by atoms with Gasteiger partial charge in [0.05, 0.1) is 4.90 Å². The summed E-state index contributed by atoms with van der Waals surface area (Å²) in [5.74, 6) is 1.13. The molecule has 0 saturated carbocycles. The lowest BCUT2D eigenvalue weighted by molar-refractivity contribution is 0.482. The summed E-state index contributed by atoms with van der Waals surface area (Å²) >= 11 is 12.5. The number of benzene rings is 2. The summed E-state index contributed by atoms with van der Waals surface area (Å²) < 4.78 is 34.6. The Bertz CT molecular complexity index is 1040. The van der Waals surface area contributed by atoms with Crippen LogP contribution >= 0.6 is 43.5 Å². The van der Waals surface area contributed by atoms with Crippen LogP contribution in [-0.4, -0.2) is 13.4 Å². The third kappa shape index (κ3) is 5.52. The molecule has 0 saturated heterocycles. The standard InChI is InChI=1S/C18H13Br2ClN2O3S/c19-13-9-12(18(20)22-11-13)10-23-27(24,25)17-7-5-16(6-8-17)26-15-3-1-14(21)2-4-15/h1-9,11,23H,10H2. The smallest absolute Gasteiger partial charge is 0.240 e. The molecule has 0 aliphatic carbocycles. The number of ether oxygens (including phenoxy) is 1. The molecule has 3 rings (SSSR count). The van der Waals surface area contributed by atoms with Crippen molar-refractivity contribution in [2.24, 2.45) is 0 Å². The summed E-state index contributed by atoms with van der Waals surface area (Å²) in [7, 11) is -3.67. The monoisotopic (exact) mass is 530 g/mol. The van der Waals surface area contributed by atoms with Gasteiger partial charge in [0, 0.05) is 27.8 Å². The summed E-state index contributed by atoms with van der Waals surface area (Å²) in [4.78, 5) is 4.26. The lowest BCUT2D eigenvalue weighted by Gasteiger charge is -2.10. The van der Waals surface area contributed by atoms with E-state index < -0.39 is 10.0 Å². The van der Waals surface area contributed by atoms with Crippen LogP contribution in [0.3, 0.4) is 0 Å². The number of hydrogen-bond donors (Lipinski definition) is 1. The summed E-state index contributed by atoms with van der Waals surface area (Å²) in [5, 5.41) is 0.613. The van der Waals surface area contributed by atoms with E-state index in [0.29, 0.717) is 21.1 Å². The van der Waals surface area contributed by atoms with Crippen molar-refractivity contribution in [2.75, 3.05) is 0 Å². The van der Waals surface area contributed by atoms with Crippen LogP contribution in [-0.2, 0) is 16.6 Å². The van der Waals surface area contributed by atoms with Crippen molar-refractivity contribution in [1.82, 2.24) is 9.71 Å². The SMILES string of the molecule is O=S(=O)(NCc1cc(Br)cnc1Br)c1ccc(Oc2ccc(Cl)cc2)cc1. The Labute approximate surface area is 179 Å². The fourth-order valence-electron chi connectivity index (χ4n) is 2.17. The fraction of sp³-hybridized carbons (Fsp3) is 0.0556. The Morgan fingerprint density at radius 2 is 1.59 bits per heavy atom. The minimum absolute atomic E-state index is 0.110. The van der Waals surface area contributed by atoms with Crippen molar-refractivity contribution >= 4 is 53.5 Å². The largest absolute Gasteiger partial charge is 0.457 e. The maximum atomic E-state index is 12.5. The Morgan fingerprint density at radius 1 is 1.00 bits per heavy atom. The highest BCUT2D eigenvalue weighted by atomic mass is 79.9. The van der Waals surface area contributed by atoms with Gasteiger partial charge < -0.3 is 4.74 Å². The number of sulfonamides is 1. The maximum Gasteiger partial charge on any atom is 0.240 e. The van der Waals surface area contributed by atoms with Crippen LogP contribution in [0.2, 0.25) is 5.02 Å². The van der Waals surface area contributed by atoms with Crippen molar-refractivity contribution in [2.45, 2.75) is 11.4 Å². The number of aromatic nitrogens is 1. The van der Waals surface area contributed by atoms with Crippen molar-refractivity contribution in [1.29, 1.82) is 0 Å². The molecule has 27 heavy (non-hydrogen) atoms. The molecule has 3 aromatic rings. The van der Waals surface area contributed by atoms with Gasteiger partial charge in [0.1, 0.15) is 16.1 Å². The van der Waals surface area contributed by atoms with Gasteiger partial charge in [-0.3, -0.25) is 0 Å². The van der Waals surface area contributed by atoms with E-state index >= 15 is 0 Å². The van der Waals surface area contributed by atoms with Gasteiger partial charge in [-0.15, -0.1) is 0 Å². The van der Waals surface area contributed by atoms with Gasteiger partial charge in [-0.1, -0.05) is 11.6 Å². The van der Waals surface area contributed by atoms with Crippen molar-refractivity contribution in [3.8, 4) is 11.5 Å². The van der Waals surface area contributed by atoms with Gasteiger partial charge in [0.15, 0.2) is 0 Å². The third-order valence-corrected chi connectivity index (χ3v) is 6.33. The lowest BCUT2D eigenvalue weighted by Crippen LogP contribution is -2.23. The van der Waals surface area contributed by atoms with E-state index in [4.69, 9.17) is 16.3 Å². The van der Waals surface area contributed by atoms with Crippen LogP contribution in [0.25, 0.3) is 0 Å². The minimum atomic E-state index is -3.67. The average molecular weight is 533 g/mol. The number of halogens is 3. The van der Waals surface area contributed by atoms with Gasteiger partial charge in [0.2, 0.25) is 10.0 Å². The Balaban J connectivity index is 1.69. The summed E-state index contributed by atoms with van der Waals surface area (Å²) in [6.45, 7) is 0.110. The number of rotatable bonds is 6. The fourth-order valence-corrected chi connectivity index (χ4v) is 4.04. The van der Waals surface area contributed by atoms with Crippen LogP contribution in [0.15, 0.2) is 74.8 Å². The molecule has 140 valence electrons. The zero-order chi connectivity index (χ0) is 19.4. The maximum absolute atomic E-state index is 12.5. The molecule has 9 heteroatoms. The number of nitrogens with one attached hydrogen (secondary N) is 1. The molecule has 0 unspecified atom stereocenters. The Hall–Kier alpha value is -1.45. The second-order valence-corrected chi connectivity index (χ2v) is 9.33. The molecule has 0 radical (unpaired) electrons. The predicted octanol–water partition coefficient (Wildman–Crippen LogP) is 5.53. The molecule has 0 bridgehead atoms. The molecular weight excluding hydrogens is 520 g/mol. The Kier molecular flexibility index (Phi) is 6.54. The molecule has 0 spiro atoms. The highest BCUT2D eigenvalue weighted by molar-refractivity contribution is 9.11. The predicted molar refractivity (Wildman–Crippen MR) is 112 cm³/mol. The zero-order valence-electron chi connectivity index (χ0n) is 13.7. The molecule has 0 amide bonds. The first-order chi connectivity index (χ1) is 12.8. The topological polar surface area (TPSA) is 68.3 Å². The quantitative estimate of drug-likeness (QED) is 0.424. The van der Waals surface area contributed by atoms with Crippen LogP contribution in [0.4, 0.5) is 0 Å². The normalized spacial score (nSPS) is 11.4. The van der Waals surface area contributed by atoms with Crippen molar-refractivity contribution in [3.05, 3.63) is 80.5 Å². The highest BCUT2D eigenvalue weighted by Crippen LogP contribution is 2.24. The van der Waals surface area contributed by atoms with Crippen LogP contribution < -0.4 is 9.46 Å². The van der Waals surface area contributed by atoms with E-state index in [2.05, 4.69) is 41.6 Å². The van der Waals surface area contributed by atoms with E-state index in [0.717, 1.165) is 10.0 Å². The molecule has 0 aliphatic rings. The molecule has 1 N–H and O–H groups in total. The number of pyridine rings is 1. The molecule has 0 aliphatic heterocycles. The number of nitrogens with zero attached hydrogens (tertiary/aromatic N) is 1. The lowest BCUT2D eigenvalue weighted by atomic mass is 10.3. The molecular formula is C18H13Br2ClN2O3S. The van der Waals surface area contributed by atoms with Gasteiger partial charge in [-0.05, 0) is 86.5 Å². The molecule has 2 aromatic carbocycles. The van der Waals surface area contributed by atoms with Crippen molar-refractivity contribution < 1.29 is 13.2 Å². The second-order valence-electron chi connectivity index (χ2n) is 5.46. The van der Waals surface area contributed by atoms with E-state index in [1.54, 1.807) is 48.7 Å². The molecule has 0 fully saturated rings. The average Bonchev–Trinajstić information content (AvgIpc) is 2.65. The first-order valence-corrected chi connectivity index (χ1v) is 11.1. The first-order valence-electron chi connectivity index (χ1n) is 7.66.